The standard InChI is InChI=1S/C15H29IO2Si/c1-12(15(6,17)10-9-13(2)16)11-18-19(7,8)14(3,4)5/h9-10,12,17H,2,11H2,1,3-8H3/b10-9+/t12?,15-/m1/s1. The lowest BCUT2D eigenvalue weighted by Crippen LogP contribution is -2.44. The van der Waals surface area contributed by atoms with Gasteiger partial charge in [0.1, 0.15) is 0 Å². The largest absolute Gasteiger partial charge is 0.416 e. The van der Waals surface area contributed by atoms with E-state index in [1.54, 1.807) is 6.08 Å². The molecule has 0 amide bonds. The predicted octanol–water partition coefficient (Wildman–Crippen LogP) is 4.90. The lowest BCUT2D eigenvalue weighted by atomic mass is 9.91. The first kappa shape index (κ1) is 19.3. The summed E-state index contributed by atoms with van der Waals surface area (Å²) in [6.07, 6.45) is 3.66. The smallest absolute Gasteiger partial charge is 0.191 e. The van der Waals surface area contributed by atoms with E-state index in [2.05, 4.69) is 63.0 Å². The summed E-state index contributed by atoms with van der Waals surface area (Å²) in [6, 6.07) is 0. The van der Waals surface area contributed by atoms with Gasteiger partial charge >= 0.3 is 0 Å². The molecule has 0 aromatic carbocycles. The molecule has 0 aromatic heterocycles. The van der Waals surface area contributed by atoms with Crippen molar-refractivity contribution in [3.05, 3.63) is 22.3 Å². The first-order chi connectivity index (χ1) is 8.29. The van der Waals surface area contributed by atoms with E-state index in [1.807, 2.05) is 19.9 Å². The highest BCUT2D eigenvalue weighted by molar-refractivity contribution is 14.1. The summed E-state index contributed by atoms with van der Waals surface area (Å²) in [6.45, 7) is 19.4. The van der Waals surface area contributed by atoms with E-state index in [9.17, 15) is 5.11 Å². The average Bonchev–Trinajstić information content (AvgIpc) is 2.21. The number of rotatable bonds is 6. The summed E-state index contributed by atoms with van der Waals surface area (Å²) in [5.41, 5.74) is -0.865. The molecule has 0 spiro atoms. The van der Waals surface area contributed by atoms with Crippen LogP contribution in [-0.4, -0.2) is 25.6 Å². The predicted molar refractivity (Wildman–Crippen MR) is 95.2 cm³/mol. The fourth-order valence-electron chi connectivity index (χ4n) is 1.14. The monoisotopic (exact) mass is 396 g/mol. The molecule has 2 atom stereocenters. The van der Waals surface area contributed by atoms with Gasteiger partial charge in [0.15, 0.2) is 8.32 Å². The van der Waals surface area contributed by atoms with Crippen molar-refractivity contribution in [3.63, 3.8) is 0 Å². The first-order valence-electron chi connectivity index (χ1n) is 6.69. The van der Waals surface area contributed by atoms with Crippen LogP contribution in [-0.2, 0) is 4.43 Å². The van der Waals surface area contributed by atoms with E-state index in [1.165, 1.54) is 0 Å². The Morgan fingerprint density at radius 3 is 2.21 bits per heavy atom. The van der Waals surface area contributed by atoms with Crippen LogP contribution in [0.25, 0.3) is 0 Å². The van der Waals surface area contributed by atoms with Crippen LogP contribution in [0.2, 0.25) is 18.1 Å². The molecule has 0 aromatic rings. The SMILES string of the molecule is C=C(I)/C=C/[C@@](C)(O)C(C)CO[Si](C)(C)C(C)(C)C. The number of hydrogen-bond acceptors (Lipinski definition) is 2. The molecule has 1 N–H and O–H groups in total. The van der Waals surface area contributed by atoms with E-state index >= 15 is 0 Å². The van der Waals surface area contributed by atoms with Gasteiger partial charge in [0, 0.05) is 16.1 Å². The molecule has 0 heterocycles. The van der Waals surface area contributed by atoms with Crippen LogP contribution in [0.1, 0.15) is 34.6 Å². The van der Waals surface area contributed by atoms with Gasteiger partial charge in [-0.05, 0) is 47.6 Å². The lowest BCUT2D eigenvalue weighted by Gasteiger charge is -2.38. The van der Waals surface area contributed by atoms with Crippen LogP contribution in [0.15, 0.2) is 22.3 Å². The van der Waals surface area contributed by atoms with E-state index in [0.717, 1.165) is 3.58 Å². The number of aliphatic hydroxyl groups is 1. The van der Waals surface area contributed by atoms with E-state index in [4.69, 9.17) is 4.43 Å². The van der Waals surface area contributed by atoms with E-state index in [-0.39, 0.29) is 11.0 Å². The second kappa shape index (κ2) is 6.87. The summed E-state index contributed by atoms with van der Waals surface area (Å²) in [5, 5.41) is 10.6. The Kier molecular flexibility index (Phi) is 7.00. The third-order valence-electron chi connectivity index (χ3n) is 4.10. The second-order valence-electron chi connectivity index (χ2n) is 6.98. The third kappa shape index (κ3) is 6.56. The van der Waals surface area contributed by atoms with Crippen LogP contribution in [0.4, 0.5) is 0 Å². The van der Waals surface area contributed by atoms with E-state index in [0.29, 0.717) is 6.61 Å². The third-order valence-corrected chi connectivity index (χ3v) is 8.96. The molecule has 0 saturated carbocycles. The van der Waals surface area contributed by atoms with Gasteiger partial charge in [-0.2, -0.15) is 0 Å². The zero-order valence-corrected chi connectivity index (χ0v) is 16.5. The molecule has 0 aliphatic carbocycles. The molecule has 1 unspecified atom stereocenters. The molecule has 0 rings (SSSR count). The summed E-state index contributed by atoms with van der Waals surface area (Å²) in [4.78, 5) is 0. The minimum atomic E-state index is -1.75. The minimum Gasteiger partial charge on any atom is -0.416 e. The number of allylic oxidation sites excluding steroid dienone is 2. The van der Waals surface area contributed by atoms with Crippen LogP contribution in [0.3, 0.4) is 0 Å². The summed E-state index contributed by atoms with van der Waals surface area (Å²) in [7, 11) is -1.75. The molecule has 112 valence electrons. The Bertz CT molecular complexity index is 341. The Morgan fingerprint density at radius 2 is 1.84 bits per heavy atom. The van der Waals surface area contributed by atoms with Crippen LogP contribution >= 0.6 is 22.6 Å². The van der Waals surface area contributed by atoms with Crippen LogP contribution < -0.4 is 0 Å². The first-order valence-corrected chi connectivity index (χ1v) is 10.7. The van der Waals surface area contributed by atoms with E-state index < -0.39 is 13.9 Å². The zero-order valence-electron chi connectivity index (χ0n) is 13.4. The highest BCUT2D eigenvalue weighted by Gasteiger charge is 2.38. The van der Waals surface area contributed by atoms with Gasteiger partial charge in [-0.25, -0.2) is 0 Å². The molecule has 0 saturated heterocycles. The summed E-state index contributed by atoms with van der Waals surface area (Å²) in [5.74, 6) is 0.0497. The topological polar surface area (TPSA) is 29.5 Å². The summed E-state index contributed by atoms with van der Waals surface area (Å²) >= 11 is 2.13. The minimum absolute atomic E-state index is 0.0497. The summed E-state index contributed by atoms with van der Waals surface area (Å²) < 4.78 is 7.08. The second-order valence-corrected chi connectivity index (χ2v) is 13.2. The number of hydrogen-bond donors (Lipinski definition) is 1. The Morgan fingerprint density at radius 1 is 1.37 bits per heavy atom. The fourth-order valence-corrected chi connectivity index (χ4v) is 2.42. The maximum absolute atomic E-state index is 10.4. The van der Waals surface area contributed by atoms with Crippen molar-refractivity contribution < 1.29 is 9.53 Å². The molecule has 4 heteroatoms. The highest BCUT2D eigenvalue weighted by Crippen LogP contribution is 2.37. The Labute approximate surface area is 133 Å². The van der Waals surface area contributed by atoms with Crippen LogP contribution in [0.5, 0.6) is 0 Å². The maximum Gasteiger partial charge on any atom is 0.191 e. The molecule has 0 aliphatic rings. The molecule has 0 bridgehead atoms. The van der Waals surface area contributed by atoms with Gasteiger partial charge in [0.05, 0.1) is 5.60 Å². The van der Waals surface area contributed by atoms with Gasteiger partial charge in [-0.15, -0.1) is 0 Å². The zero-order chi connectivity index (χ0) is 15.5. The van der Waals surface area contributed by atoms with Crippen molar-refractivity contribution in [2.24, 2.45) is 5.92 Å². The van der Waals surface area contributed by atoms with Gasteiger partial charge in [-0.3, -0.25) is 0 Å². The van der Waals surface area contributed by atoms with Crippen molar-refractivity contribution in [1.82, 2.24) is 0 Å². The molecular weight excluding hydrogens is 367 g/mol. The van der Waals surface area contributed by atoms with Gasteiger partial charge in [-0.1, -0.05) is 46.4 Å². The quantitative estimate of drug-likeness (QED) is 0.393. The molecular formula is C15H29IO2Si. The lowest BCUT2D eigenvalue weighted by molar-refractivity contribution is 0.0281. The Balaban J connectivity index is 4.63. The molecule has 0 aliphatic heterocycles. The maximum atomic E-state index is 10.4. The van der Waals surface area contributed by atoms with Crippen LogP contribution in [0, 0.1) is 5.92 Å². The molecule has 0 fully saturated rings. The van der Waals surface area contributed by atoms with Crippen molar-refractivity contribution in [3.8, 4) is 0 Å². The van der Waals surface area contributed by atoms with Gasteiger partial charge in [0.2, 0.25) is 0 Å². The van der Waals surface area contributed by atoms with Gasteiger partial charge in [0.25, 0.3) is 0 Å². The van der Waals surface area contributed by atoms with Crippen molar-refractivity contribution in [2.45, 2.75) is 58.4 Å². The fraction of sp³-hybridized carbons (Fsp3) is 0.733. The van der Waals surface area contributed by atoms with Crippen molar-refractivity contribution >= 4 is 30.9 Å². The van der Waals surface area contributed by atoms with Crippen molar-refractivity contribution in [2.75, 3.05) is 6.61 Å². The normalized spacial score (nSPS) is 18.4. The molecule has 0 radical (unpaired) electrons. The molecule has 19 heavy (non-hydrogen) atoms. The Hall–Kier alpha value is 0.347. The van der Waals surface area contributed by atoms with Crippen molar-refractivity contribution in [1.29, 1.82) is 0 Å². The van der Waals surface area contributed by atoms with Gasteiger partial charge < -0.3 is 9.53 Å². The number of halogens is 1. The average molecular weight is 396 g/mol. The molecule has 2 nitrogen and oxygen atoms in total. The highest BCUT2D eigenvalue weighted by atomic mass is 127.